The average molecular weight is 590 g/mol. The maximum absolute atomic E-state index is 13.9. The van der Waals surface area contributed by atoms with Crippen LogP contribution in [0.4, 0.5) is 0 Å². The Morgan fingerprint density at radius 3 is 2.61 bits per heavy atom. The van der Waals surface area contributed by atoms with Gasteiger partial charge in [-0.3, -0.25) is 9.36 Å². The molecule has 1 aliphatic rings. The molecule has 4 aromatic rings. The lowest BCUT2D eigenvalue weighted by Gasteiger charge is -2.26. The van der Waals surface area contributed by atoms with Crippen LogP contribution in [0.25, 0.3) is 11.8 Å². The zero-order valence-corrected chi connectivity index (χ0v) is 23.5. The van der Waals surface area contributed by atoms with Crippen LogP contribution < -0.4 is 19.6 Å². The number of esters is 1. The first kappa shape index (κ1) is 25.9. The summed E-state index contributed by atoms with van der Waals surface area (Å²) < 4.78 is 14.1. The van der Waals surface area contributed by atoms with E-state index in [1.165, 1.54) is 11.3 Å². The highest BCUT2D eigenvalue weighted by atomic mass is 79.9. The quantitative estimate of drug-likeness (QED) is 0.297. The van der Waals surface area contributed by atoms with Crippen LogP contribution in [0.1, 0.15) is 35.2 Å². The SMILES string of the molecule is CCOC(=O)C1=C(c2ccccc2)N=c2s/c(=C\c3ccc(C)c(Br)c3)c(=O)n2[C@@H]1c1cccc(OC)c1. The summed E-state index contributed by atoms with van der Waals surface area (Å²) in [6.45, 7) is 3.97. The number of halogens is 1. The molecular formula is C30H25BrN2O4S. The van der Waals surface area contributed by atoms with Crippen molar-refractivity contribution in [3.05, 3.63) is 125 Å². The summed E-state index contributed by atoms with van der Waals surface area (Å²) in [5.74, 6) is 0.107. The molecule has 0 fully saturated rings. The van der Waals surface area contributed by atoms with Crippen LogP contribution in [0.15, 0.2) is 92.6 Å². The van der Waals surface area contributed by atoms with Gasteiger partial charge in [0.05, 0.1) is 35.6 Å². The molecule has 0 amide bonds. The molecule has 6 nitrogen and oxygen atoms in total. The Hall–Kier alpha value is -3.75. The molecule has 0 spiro atoms. The Balaban J connectivity index is 1.83. The number of aryl methyl sites for hydroxylation is 1. The van der Waals surface area contributed by atoms with Crippen molar-refractivity contribution < 1.29 is 14.3 Å². The molecule has 2 heterocycles. The van der Waals surface area contributed by atoms with Crippen LogP contribution in [-0.4, -0.2) is 24.3 Å². The van der Waals surface area contributed by atoms with Crippen molar-refractivity contribution in [3.8, 4) is 5.75 Å². The summed E-state index contributed by atoms with van der Waals surface area (Å²) in [5, 5.41) is 0. The molecule has 0 N–H and O–H groups in total. The molecule has 1 atom stereocenters. The number of fused-ring (bicyclic) bond motifs is 1. The van der Waals surface area contributed by atoms with E-state index in [9.17, 15) is 9.59 Å². The molecule has 0 unspecified atom stereocenters. The normalized spacial score (nSPS) is 15.2. The fourth-order valence-electron chi connectivity index (χ4n) is 4.42. The molecular weight excluding hydrogens is 564 g/mol. The van der Waals surface area contributed by atoms with Crippen molar-refractivity contribution >= 4 is 45.0 Å². The van der Waals surface area contributed by atoms with E-state index in [1.54, 1.807) is 18.6 Å². The van der Waals surface area contributed by atoms with Crippen LogP contribution in [0.5, 0.6) is 5.75 Å². The third-order valence-corrected chi connectivity index (χ3v) is 8.11. The summed E-state index contributed by atoms with van der Waals surface area (Å²) in [7, 11) is 1.59. The Labute approximate surface area is 232 Å². The Morgan fingerprint density at radius 1 is 1.11 bits per heavy atom. The van der Waals surface area contributed by atoms with Crippen LogP contribution in [0.2, 0.25) is 0 Å². The van der Waals surface area contributed by atoms with Crippen LogP contribution in [0, 0.1) is 6.92 Å². The Morgan fingerprint density at radius 2 is 1.89 bits per heavy atom. The van der Waals surface area contributed by atoms with Gasteiger partial charge in [-0.2, -0.15) is 0 Å². The predicted molar refractivity (Wildman–Crippen MR) is 153 cm³/mol. The molecule has 8 heteroatoms. The number of carbonyl (C=O) groups is 1. The first-order chi connectivity index (χ1) is 18.4. The van der Waals surface area contributed by atoms with E-state index in [0.717, 1.165) is 26.7 Å². The molecule has 0 saturated heterocycles. The molecule has 0 saturated carbocycles. The van der Waals surface area contributed by atoms with Gasteiger partial charge in [0.2, 0.25) is 0 Å². The van der Waals surface area contributed by atoms with Crippen LogP contribution in [0.3, 0.4) is 0 Å². The minimum absolute atomic E-state index is 0.196. The van der Waals surface area contributed by atoms with Crippen molar-refractivity contribution in [3.63, 3.8) is 0 Å². The second-order valence-electron chi connectivity index (χ2n) is 8.72. The third kappa shape index (κ3) is 4.89. The molecule has 3 aromatic carbocycles. The fraction of sp³-hybridized carbons (Fsp3) is 0.167. The summed E-state index contributed by atoms with van der Waals surface area (Å²) in [6.07, 6.45) is 1.85. The van der Waals surface area contributed by atoms with Gasteiger partial charge in [0.15, 0.2) is 4.80 Å². The molecule has 0 bridgehead atoms. The molecule has 0 aliphatic carbocycles. The molecule has 0 radical (unpaired) electrons. The summed E-state index contributed by atoms with van der Waals surface area (Å²) in [6, 6.07) is 22.1. The fourth-order valence-corrected chi connectivity index (χ4v) is 5.82. The van der Waals surface area contributed by atoms with Crippen LogP contribution >= 0.6 is 27.3 Å². The Kier molecular flexibility index (Phi) is 7.44. The van der Waals surface area contributed by atoms with Crippen molar-refractivity contribution in [1.82, 2.24) is 4.57 Å². The van der Waals surface area contributed by atoms with Gasteiger partial charge in [-0.15, -0.1) is 0 Å². The van der Waals surface area contributed by atoms with Gasteiger partial charge in [0.25, 0.3) is 5.56 Å². The number of thiazole rings is 1. The zero-order chi connectivity index (χ0) is 26.8. The lowest BCUT2D eigenvalue weighted by Crippen LogP contribution is -2.40. The van der Waals surface area contributed by atoms with E-state index in [2.05, 4.69) is 15.9 Å². The first-order valence-corrected chi connectivity index (χ1v) is 13.7. The number of carbonyl (C=O) groups excluding carboxylic acids is 1. The minimum atomic E-state index is -0.748. The third-order valence-electron chi connectivity index (χ3n) is 6.28. The number of hydrogen-bond donors (Lipinski definition) is 0. The molecule has 5 rings (SSSR count). The molecule has 1 aromatic heterocycles. The summed E-state index contributed by atoms with van der Waals surface area (Å²) in [5.41, 5.74) is 4.05. The van der Waals surface area contributed by atoms with Gasteiger partial charge in [-0.1, -0.05) is 81.9 Å². The average Bonchev–Trinajstić information content (AvgIpc) is 3.24. The molecule has 1 aliphatic heterocycles. The predicted octanol–water partition coefficient (Wildman–Crippen LogP) is 5.02. The van der Waals surface area contributed by atoms with E-state index >= 15 is 0 Å². The smallest absolute Gasteiger partial charge is 0.338 e. The number of nitrogens with zero attached hydrogens (tertiary/aromatic N) is 2. The minimum Gasteiger partial charge on any atom is -0.497 e. The van der Waals surface area contributed by atoms with Crippen molar-refractivity contribution in [1.29, 1.82) is 0 Å². The van der Waals surface area contributed by atoms with Crippen molar-refractivity contribution in [2.45, 2.75) is 19.9 Å². The van der Waals surface area contributed by atoms with Gasteiger partial charge in [0.1, 0.15) is 5.75 Å². The second kappa shape index (κ2) is 10.9. The largest absolute Gasteiger partial charge is 0.497 e. The number of ether oxygens (including phenoxy) is 2. The van der Waals surface area contributed by atoms with Gasteiger partial charge >= 0.3 is 5.97 Å². The highest BCUT2D eigenvalue weighted by Crippen LogP contribution is 2.36. The lowest BCUT2D eigenvalue weighted by molar-refractivity contribution is -0.138. The Bertz CT molecular complexity index is 1740. The number of hydrogen-bond acceptors (Lipinski definition) is 6. The van der Waals surface area contributed by atoms with E-state index in [1.807, 2.05) is 85.8 Å². The lowest BCUT2D eigenvalue weighted by atomic mass is 9.93. The van der Waals surface area contributed by atoms with Crippen molar-refractivity contribution in [2.24, 2.45) is 4.99 Å². The van der Waals surface area contributed by atoms with E-state index in [-0.39, 0.29) is 12.2 Å². The number of methoxy groups -OCH3 is 1. The van der Waals surface area contributed by atoms with E-state index in [0.29, 0.717) is 26.4 Å². The number of rotatable bonds is 6. The highest BCUT2D eigenvalue weighted by Gasteiger charge is 2.35. The van der Waals surface area contributed by atoms with E-state index < -0.39 is 12.0 Å². The number of aromatic nitrogens is 1. The highest BCUT2D eigenvalue weighted by molar-refractivity contribution is 9.10. The van der Waals surface area contributed by atoms with Gasteiger partial charge in [-0.05, 0) is 54.8 Å². The zero-order valence-electron chi connectivity index (χ0n) is 21.1. The van der Waals surface area contributed by atoms with Crippen LogP contribution in [-0.2, 0) is 9.53 Å². The maximum atomic E-state index is 13.9. The van der Waals surface area contributed by atoms with Crippen molar-refractivity contribution in [2.75, 3.05) is 13.7 Å². The van der Waals surface area contributed by atoms with Gasteiger partial charge in [0, 0.05) is 10.0 Å². The standard InChI is InChI=1S/C30H25BrN2O4S/c1-4-37-29(35)25-26(20-9-6-5-7-10-20)32-30-33(27(25)21-11-8-12-22(17-21)36-3)28(34)24(38-30)16-19-14-13-18(2)23(31)15-19/h5-17,27H,4H2,1-3H3/b24-16-/t27-/m1/s1. The summed E-state index contributed by atoms with van der Waals surface area (Å²) >= 11 is 4.87. The van der Waals surface area contributed by atoms with Gasteiger partial charge in [-0.25, -0.2) is 9.79 Å². The van der Waals surface area contributed by atoms with Gasteiger partial charge < -0.3 is 9.47 Å². The molecule has 192 valence electrons. The second-order valence-corrected chi connectivity index (χ2v) is 10.6. The summed E-state index contributed by atoms with van der Waals surface area (Å²) in [4.78, 5) is 32.8. The first-order valence-electron chi connectivity index (χ1n) is 12.1. The monoisotopic (exact) mass is 588 g/mol. The molecule has 38 heavy (non-hydrogen) atoms. The topological polar surface area (TPSA) is 69.9 Å². The number of benzene rings is 3. The maximum Gasteiger partial charge on any atom is 0.338 e. The van der Waals surface area contributed by atoms with E-state index in [4.69, 9.17) is 14.5 Å².